The Morgan fingerprint density at radius 1 is 1.13 bits per heavy atom. The summed E-state index contributed by atoms with van der Waals surface area (Å²) in [5.41, 5.74) is -0.353. The molecular formula is C22H14F6N6O3S. The summed E-state index contributed by atoms with van der Waals surface area (Å²) < 4.78 is 110. The molecule has 0 saturated carbocycles. The molecule has 0 unspecified atom stereocenters. The smallest absolute Gasteiger partial charge is 0.404 e. The van der Waals surface area contributed by atoms with Crippen LogP contribution < -0.4 is 9.46 Å². The Morgan fingerprint density at radius 3 is 2.37 bits per heavy atom. The minimum Gasteiger partial charge on any atom is -0.432 e. The minimum atomic E-state index is -4.83. The number of rotatable bonds is 7. The van der Waals surface area contributed by atoms with Gasteiger partial charge in [0.15, 0.2) is 11.6 Å². The van der Waals surface area contributed by atoms with Gasteiger partial charge in [-0.15, -0.1) is 0 Å². The number of aromatic nitrogens is 4. The highest BCUT2D eigenvalue weighted by molar-refractivity contribution is 7.89. The van der Waals surface area contributed by atoms with Gasteiger partial charge in [0.25, 0.3) is 0 Å². The molecule has 0 aliphatic carbocycles. The quantitative estimate of drug-likeness (QED) is 0.336. The summed E-state index contributed by atoms with van der Waals surface area (Å²) in [5.74, 6) is -2.09. The molecule has 3 aromatic heterocycles. The normalized spacial score (nSPS) is 13.0. The number of pyridine rings is 1. The molecule has 38 heavy (non-hydrogen) atoms. The van der Waals surface area contributed by atoms with Gasteiger partial charge in [0.05, 0.1) is 22.5 Å². The van der Waals surface area contributed by atoms with Gasteiger partial charge in [-0.05, 0) is 31.2 Å². The van der Waals surface area contributed by atoms with Gasteiger partial charge in [-0.3, -0.25) is 9.55 Å². The zero-order chi connectivity index (χ0) is 27.8. The fraction of sp³-hybridized carbons (Fsp3) is 0.182. The summed E-state index contributed by atoms with van der Waals surface area (Å²) in [4.78, 5) is 11.5. The van der Waals surface area contributed by atoms with Crippen LogP contribution in [0.3, 0.4) is 0 Å². The van der Waals surface area contributed by atoms with E-state index in [4.69, 9.17) is 0 Å². The standard InChI is InChI=1S/C22H14F6N6O3S/c1-11(22(26,27)28)33-38(35,36)12-3-4-16(32-10-12)19-14(9-29)13-7-15(23)18(37-20(24)25)8-17(13)34(19)21-30-5-2-6-31-21/h2-8,10-11,20,33H,1H3/t11-/m0/s1. The highest BCUT2D eigenvalue weighted by atomic mass is 32.2. The third-order valence-electron chi connectivity index (χ3n) is 5.21. The van der Waals surface area contributed by atoms with Crippen molar-refractivity contribution in [2.45, 2.75) is 30.6 Å². The predicted octanol–water partition coefficient (Wildman–Crippen LogP) is 4.32. The van der Waals surface area contributed by atoms with E-state index in [1.54, 1.807) is 0 Å². The second-order valence-electron chi connectivity index (χ2n) is 7.66. The molecular weight excluding hydrogens is 542 g/mol. The fourth-order valence-corrected chi connectivity index (χ4v) is 4.66. The molecule has 0 aliphatic heterocycles. The highest BCUT2D eigenvalue weighted by Gasteiger charge is 2.39. The van der Waals surface area contributed by atoms with Gasteiger partial charge in [0, 0.05) is 30.0 Å². The molecule has 3 heterocycles. The number of ether oxygens (including phenoxy) is 1. The molecule has 0 bridgehead atoms. The summed E-state index contributed by atoms with van der Waals surface area (Å²) >= 11 is 0. The Labute approximate surface area is 210 Å². The van der Waals surface area contributed by atoms with E-state index >= 15 is 0 Å². The molecule has 16 heteroatoms. The van der Waals surface area contributed by atoms with Gasteiger partial charge in [-0.2, -0.15) is 31.9 Å². The number of hydrogen-bond acceptors (Lipinski definition) is 7. The summed E-state index contributed by atoms with van der Waals surface area (Å²) in [7, 11) is -4.63. The van der Waals surface area contributed by atoms with Crippen LogP contribution >= 0.6 is 0 Å². The average Bonchev–Trinajstić information content (AvgIpc) is 3.16. The molecule has 1 atom stereocenters. The molecule has 1 N–H and O–H groups in total. The number of halogens is 6. The molecule has 1 aromatic carbocycles. The molecule has 0 radical (unpaired) electrons. The SMILES string of the molecule is C[C@H](NS(=O)(=O)c1ccc(-c2c(C#N)c3cc(F)c(OC(F)F)cc3n2-c2ncccn2)nc1)C(F)(F)F. The Morgan fingerprint density at radius 2 is 1.82 bits per heavy atom. The van der Waals surface area contributed by atoms with Crippen molar-refractivity contribution in [2.24, 2.45) is 0 Å². The first-order valence-corrected chi connectivity index (χ1v) is 11.9. The minimum absolute atomic E-state index is 0.0148. The van der Waals surface area contributed by atoms with Crippen molar-refractivity contribution in [2.75, 3.05) is 0 Å². The maximum Gasteiger partial charge on any atom is 0.404 e. The zero-order valence-corrected chi connectivity index (χ0v) is 19.7. The lowest BCUT2D eigenvalue weighted by Gasteiger charge is -2.17. The van der Waals surface area contributed by atoms with Crippen LogP contribution in [-0.4, -0.2) is 46.8 Å². The first-order chi connectivity index (χ1) is 17.8. The van der Waals surface area contributed by atoms with E-state index < -0.39 is 45.3 Å². The molecule has 4 aromatic rings. The van der Waals surface area contributed by atoms with Crippen LogP contribution in [0.5, 0.6) is 5.75 Å². The largest absolute Gasteiger partial charge is 0.432 e. The fourth-order valence-electron chi connectivity index (χ4n) is 3.49. The lowest BCUT2D eigenvalue weighted by Crippen LogP contribution is -2.42. The molecule has 0 saturated heterocycles. The Balaban J connectivity index is 1.92. The van der Waals surface area contributed by atoms with Crippen LogP contribution in [-0.2, 0) is 10.0 Å². The molecule has 0 spiro atoms. The number of nitrogens with zero attached hydrogens (tertiary/aromatic N) is 5. The van der Waals surface area contributed by atoms with Gasteiger partial charge in [-0.1, -0.05) is 0 Å². The van der Waals surface area contributed by atoms with Crippen LogP contribution in [0.15, 0.2) is 53.8 Å². The summed E-state index contributed by atoms with van der Waals surface area (Å²) in [5, 5.41) is 9.84. The lowest BCUT2D eigenvalue weighted by atomic mass is 10.1. The Bertz CT molecular complexity index is 1640. The van der Waals surface area contributed by atoms with Crippen molar-refractivity contribution >= 4 is 20.9 Å². The van der Waals surface area contributed by atoms with Crippen molar-refractivity contribution in [3.63, 3.8) is 0 Å². The number of alkyl halides is 5. The molecule has 9 nitrogen and oxygen atoms in total. The number of fused-ring (bicyclic) bond motifs is 1. The van der Waals surface area contributed by atoms with E-state index in [1.165, 1.54) is 27.7 Å². The van der Waals surface area contributed by atoms with Gasteiger partial charge in [0.2, 0.25) is 16.0 Å². The number of nitrogens with one attached hydrogen (secondary N) is 1. The predicted molar refractivity (Wildman–Crippen MR) is 119 cm³/mol. The summed E-state index contributed by atoms with van der Waals surface area (Å²) in [6.45, 7) is -2.72. The molecule has 198 valence electrons. The molecule has 0 amide bonds. The van der Waals surface area contributed by atoms with Crippen LogP contribution in [0.25, 0.3) is 28.2 Å². The number of sulfonamides is 1. The third kappa shape index (κ3) is 5.10. The number of hydrogen-bond donors (Lipinski definition) is 1. The van der Waals surface area contributed by atoms with Crippen molar-refractivity contribution < 1.29 is 39.5 Å². The van der Waals surface area contributed by atoms with E-state index in [2.05, 4.69) is 19.7 Å². The van der Waals surface area contributed by atoms with Gasteiger partial charge >= 0.3 is 12.8 Å². The maximum atomic E-state index is 14.5. The van der Waals surface area contributed by atoms with E-state index in [1.807, 2.05) is 6.07 Å². The van der Waals surface area contributed by atoms with Gasteiger partial charge in [0.1, 0.15) is 17.0 Å². The van der Waals surface area contributed by atoms with E-state index in [-0.39, 0.29) is 33.8 Å². The van der Waals surface area contributed by atoms with E-state index in [9.17, 15) is 40.0 Å². The first kappa shape index (κ1) is 26.8. The van der Waals surface area contributed by atoms with Crippen LogP contribution in [0, 0.1) is 17.1 Å². The van der Waals surface area contributed by atoms with Crippen LogP contribution in [0.4, 0.5) is 26.3 Å². The van der Waals surface area contributed by atoms with Gasteiger partial charge < -0.3 is 4.74 Å². The highest BCUT2D eigenvalue weighted by Crippen LogP contribution is 2.38. The zero-order valence-electron chi connectivity index (χ0n) is 18.9. The molecule has 0 fully saturated rings. The van der Waals surface area contributed by atoms with Crippen molar-refractivity contribution in [1.29, 1.82) is 5.26 Å². The molecule has 4 rings (SSSR count). The lowest BCUT2D eigenvalue weighted by molar-refractivity contribution is -0.147. The second-order valence-corrected chi connectivity index (χ2v) is 9.38. The monoisotopic (exact) mass is 556 g/mol. The first-order valence-electron chi connectivity index (χ1n) is 10.4. The van der Waals surface area contributed by atoms with Crippen molar-refractivity contribution in [3.05, 3.63) is 60.3 Å². The number of nitriles is 1. The van der Waals surface area contributed by atoms with Crippen LogP contribution in [0.1, 0.15) is 12.5 Å². The maximum absolute atomic E-state index is 14.5. The average molecular weight is 556 g/mol. The summed E-state index contributed by atoms with van der Waals surface area (Å²) in [6.07, 6.45) is -1.40. The second kappa shape index (κ2) is 9.91. The van der Waals surface area contributed by atoms with Crippen molar-refractivity contribution in [3.8, 4) is 29.2 Å². The topological polar surface area (TPSA) is 123 Å². The van der Waals surface area contributed by atoms with Gasteiger partial charge in [-0.25, -0.2) is 22.8 Å². The van der Waals surface area contributed by atoms with Crippen molar-refractivity contribution in [1.82, 2.24) is 24.2 Å². The Hall–Kier alpha value is -4.23. The van der Waals surface area contributed by atoms with Crippen LogP contribution in [0.2, 0.25) is 0 Å². The number of benzene rings is 1. The van der Waals surface area contributed by atoms with E-state index in [0.29, 0.717) is 6.92 Å². The van der Waals surface area contributed by atoms with E-state index in [0.717, 1.165) is 30.5 Å². The Kier molecular flexibility index (Phi) is 7.00. The molecule has 0 aliphatic rings. The third-order valence-corrected chi connectivity index (χ3v) is 6.74. The summed E-state index contributed by atoms with van der Waals surface area (Å²) in [6, 6.07) is 4.74.